The zero-order chi connectivity index (χ0) is 29.9. The molecular formula is C28H37BrO10. The molecule has 1 atom stereocenters. The van der Waals surface area contributed by atoms with Gasteiger partial charge in [0.25, 0.3) is 5.60 Å². The Bertz CT molecular complexity index is 1200. The minimum absolute atomic E-state index is 0.0507. The summed E-state index contributed by atoms with van der Waals surface area (Å²) in [5.74, 6) is -1.97. The Hall–Kier alpha value is -2.73. The molecular weight excluding hydrogens is 576 g/mol. The molecule has 0 spiro atoms. The Morgan fingerprint density at radius 1 is 0.923 bits per heavy atom. The van der Waals surface area contributed by atoms with Crippen molar-refractivity contribution in [2.45, 2.75) is 79.1 Å². The molecule has 1 aromatic carbocycles. The van der Waals surface area contributed by atoms with Crippen LogP contribution in [0.4, 0.5) is 0 Å². The zero-order valence-electron chi connectivity index (χ0n) is 24.3. The maximum Gasteiger partial charge on any atom is 0.359 e. The Kier molecular flexibility index (Phi) is 10.2. The predicted octanol–water partition coefficient (Wildman–Crippen LogP) is 5.45. The van der Waals surface area contributed by atoms with Gasteiger partial charge in [0.15, 0.2) is 29.8 Å². The molecule has 0 aliphatic heterocycles. The van der Waals surface area contributed by atoms with Crippen LogP contribution in [0.25, 0.3) is 0 Å². The number of methoxy groups -OCH3 is 2. The Labute approximate surface area is 237 Å². The highest BCUT2D eigenvalue weighted by molar-refractivity contribution is 9.10. The summed E-state index contributed by atoms with van der Waals surface area (Å²) in [5, 5.41) is 0. The van der Waals surface area contributed by atoms with E-state index in [2.05, 4.69) is 15.9 Å². The first-order valence-corrected chi connectivity index (χ1v) is 12.9. The number of halogens is 1. The second kappa shape index (κ2) is 12.2. The van der Waals surface area contributed by atoms with Gasteiger partial charge in [-0.1, -0.05) is 0 Å². The molecule has 0 saturated carbocycles. The van der Waals surface area contributed by atoms with Crippen LogP contribution in [0.1, 0.15) is 70.0 Å². The highest BCUT2D eigenvalue weighted by Crippen LogP contribution is 2.45. The van der Waals surface area contributed by atoms with E-state index < -0.39 is 34.5 Å². The van der Waals surface area contributed by atoms with Gasteiger partial charge in [0.2, 0.25) is 0 Å². The van der Waals surface area contributed by atoms with Crippen molar-refractivity contribution in [1.29, 1.82) is 0 Å². The quantitative estimate of drug-likeness (QED) is 0.117. The van der Waals surface area contributed by atoms with Crippen molar-refractivity contribution >= 4 is 33.7 Å². The molecule has 1 unspecified atom stereocenters. The first-order valence-electron chi connectivity index (χ1n) is 12.1. The molecule has 1 aliphatic rings. The van der Waals surface area contributed by atoms with E-state index in [1.54, 1.807) is 55.4 Å². The molecule has 11 heteroatoms. The molecule has 0 aromatic heterocycles. The summed E-state index contributed by atoms with van der Waals surface area (Å²) in [6.45, 7) is 15.1. The molecule has 2 rings (SSSR count). The summed E-state index contributed by atoms with van der Waals surface area (Å²) in [4.78, 5) is 50.6. The lowest BCUT2D eigenvalue weighted by molar-refractivity contribution is -0.385. The van der Waals surface area contributed by atoms with E-state index in [1.807, 2.05) is 0 Å². The van der Waals surface area contributed by atoms with Gasteiger partial charge in [0.05, 0.1) is 12.7 Å². The lowest BCUT2D eigenvalue weighted by atomic mass is 9.87. The third kappa shape index (κ3) is 7.27. The predicted molar refractivity (Wildman–Crippen MR) is 145 cm³/mol. The van der Waals surface area contributed by atoms with E-state index in [-0.39, 0.29) is 39.7 Å². The van der Waals surface area contributed by atoms with Gasteiger partial charge >= 0.3 is 11.9 Å². The number of benzene rings is 1. The highest BCUT2D eigenvalue weighted by Gasteiger charge is 2.53. The van der Waals surface area contributed by atoms with Crippen molar-refractivity contribution in [2.75, 3.05) is 21.0 Å². The summed E-state index contributed by atoms with van der Waals surface area (Å²) in [6, 6.07) is 0. The number of ether oxygens (including phenoxy) is 5. The molecule has 1 aliphatic carbocycles. The topological polar surface area (TPSA) is 116 Å². The summed E-state index contributed by atoms with van der Waals surface area (Å²) in [6.07, 6.45) is 2.37. The number of carbonyl (C=O) groups is 3. The number of hydrogen-bond acceptors (Lipinski definition) is 10. The van der Waals surface area contributed by atoms with Gasteiger partial charge in [-0.2, -0.15) is 0 Å². The number of rotatable bonds is 9. The minimum atomic E-state index is -2.03. The second-order valence-corrected chi connectivity index (χ2v) is 11.7. The van der Waals surface area contributed by atoms with Gasteiger partial charge in [0.1, 0.15) is 15.6 Å². The van der Waals surface area contributed by atoms with Crippen LogP contribution in [-0.4, -0.2) is 55.5 Å². The highest BCUT2D eigenvalue weighted by atomic mass is 79.9. The number of esters is 2. The lowest BCUT2D eigenvalue weighted by Crippen LogP contribution is -2.50. The Balaban J connectivity index is 2.72. The normalized spacial score (nSPS) is 17.8. The van der Waals surface area contributed by atoms with Crippen LogP contribution in [0, 0.1) is 13.8 Å². The van der Waals surface area contributed by atoms with Crippen LogP contribution in [0.3, 0.4) is 0 Å². The van der Waals surface area contributed by atoms with E-state index in [9.17, 15) is 14.4 Å². The van der Waals surface area contributed by atoms with E-state index in [0.29, 0.717) is 11.1 Å². The summed E-state index contributed by atoms with van der Waals surface area (Å²) < 4.78 is 27.9. The molecule has 1 aromatic rings. The van der Waals surface area contributed by atoms with E-state index in [4.69, 9.17) is 33.5 Å². The maximum absolute atomic E-state index is 14.0. The first-order chi connectivity index (χ1) is 17.9. The number of allylic oxidation sites excluding steroid dienone is 2. The lowest BCUT2D eigenvalue weighted by Gasteiger charge is -2.35. The smallest absolute Gasteiger partial charge is 0.359 e. The number of carbonyl (C=O) groups excluding carboxylic acids is 3. The van der Waals surface area contributed by atoms with Crippen LogP contribution >= 0.6 is 15.9 Å². The van der Waals surface area contributed by atoms with Crippen LogP contribution in [0.2, 0.25) is 0 Å². The molecule has 0 heterocycles. The van der Waals surface area contributed by atoms with Crippen LogP contribution in [0.5, 0.6) is 11.5 Å². The molecule has 0 fully saturated rings. The fourth-order valence-electron chi connectivity index (χ4n) is 3.59. The van der Waals surface area contributed by atoms with Crippen molar-refractivity contribution in [3.63, 3.8) is 0 Å². The standard InChI is InChI=1S/C28H37BrO10/c1-15-12-18(30)13-19(34-11)28(15,39-38-27(7,8)9)25(32)36-22-17(3)16(2)20(24(31)37-26(4,5)6)23(21(22)29)35-14-33-10/h12-13H,14H2,1-11H3. The third-order valence-electron chi connectivity index (χ3n) is 5.48. The summed E-state index contributed by atoms with van der Waals surface area (Å²) in [5.41, 5.74) is -2.39. The van der Waals surface area contributed by atoms with Crippen molar-refractivity contribution in [3.05, 3.63) is 44.6 Å². The van der Waals surface area contributed by atoms with Crippen LogP contribution < -0.4 is 9.47 Å². The first kappa shape index (κ1) is 32.5. The Morgan fingerprint density at radius 2 is 1.54 bits per heavy atom. The fraction of sp³-hybridized carbons (Fsp3) is 0.536. The van der Waals surface area contributed by atoms with Crippen LogP contribution in [-0.2, 0) is 33.6 Å². The van der Waals surface area contributed by atoms with Gasteiger partial charge in [-0.15, -0.1) is 0 Å². The second-order valence-electron chi connectivity index (χ2n) is 10.9. The average Bonchev–Trinajstić information content (AvgIpc) is 2.80. The molecule has 0 radical (unpaired) electrons. The molecule has 10 nitrogen and oxygen atoms in total. The van der Waals surface area contributed by atoms with Gasteiger partial charge in [-0.25, -0.2) is 19.4 Å². The molecule has 0 amide bonds. The third-order valence-corrected chi connectivity index (χ3v) is 6.20. The van der Waals surface area contributed by atoms with Gasteiger partial charge in [0, 0.05) is 13.2 Å². The van der Waals surface area contributed by atoms with Gasteiger partial charge in [-0.05, 0) is 101 Å². The van der Waals surface area contributed by atoms with E-state index in [0.717, 1.165) is 6.08 Å². The number of ketones is 1. The number of hydrogen-bond donors (Lipinski definition) is 0. The molecule has 0 N–H and O–H groups in total. The van der Waals surface area contributed by atoms with Crippen LogP contribution in [0.15, 0.2) is 28.0 Å². The molecule has 0 bridgehead atoms. The maximum atomic E-state index is 14.0. The van der Waals surface area contributed by atoms with Crippen molar-refractivity contribution in [1.82, 2.24) is 0 Å². The molecule has 39 heavy (non-hydrogen) atoms. The fourth-order valence-corrected chi connectivity index (χ4v) is 4.29. The minimum Gasteiger partial charge on any atom is -0.497 e. The molecule has 0 saturated heterocycles. The molecule has 216 valence electrons. The van der Waals surface area contributed by atoms with Crippen molar-refractivity contribution in [2.24, 2.45) is 0 Å². The summed E-state index contributed by atoms with van der Waals surface area (Å²) >= 11 is 3.44. The Morgan fingerprint density at radius 3 is 2.05 bits per heavy atom. The SMILES string of the molecule is COCOc1c(Br)c(OC(=O)C2(OOC(C)(C)C)C(C)=CC(=O)C=C2OC)c(C)c(C)c1C(=O)OC(C)(C)C. The van der Waals surface area contributed by atoms with Crippen molar-refractivity contribution < 1.29 is 47.8 Å². The average molecular weight is 613 g/mol. The van der Waals surface area contributed by atoms with Gasteiger partial charge < -0.3 is 23.7 Å². The zero-order valence-corrected chi connectivity index (χ0v) is 25.9. The van der Waals surface area contributed by atoms with E-state index >= 15 is 0 Å². The van der Waals surface area contributed by atoms with Gasteiger partial charge in [-0.3, -0.25) is 4.79 Å². The monoisotopic (exact) mass is 612 g/mol. The largest absolute Gasteiger partial charge is 0.497 e. The summed E-state index contributed by atoms with van der Waals surface area (Å²) in [7, 11) is 2.73. The van der Waals surface area contributed by atoms with E-state index in [1.165, 1.54) is 27.2 Å². The van der Waals surface area contributed by atoms with Crippen molar-refractivity contribution in [3.8, 4) is 11.5 Å².